The molecule has 9 nitrogen and oxygen atoms in total. The number of unbranched alkanes of at least 4 members (excludes halogenated alkanes) is 8. The van der Waals surface area contributed by atoms with Crippen molar-refractivity contribution in [3.8, 4) is 0 Å². The lowest BCUT2D eigenvalue weighted by Gasteiger charge is -2.37. The van der Waals surface area contributed by atoms with E-state index in [0.717, 1.165) is 62.3 Å². The highest BCUT2D eigenvalue weighted by Gasteiger charge is 2.38. The minimum atomic E-state index is -0.950. The van der Waals surface area contributed by atoms with Crippen LogP contribution in [0.15, 0.2) is 30.5 Å². The largest absolute Gasteiger partial charge is 0.481 e. The summed E-state index contributed by atoms with van der Waals surface area (Å²) in [5.41, 5.74) is 1.33. The number of aromatic nitrogens is 1. The first-order valence-electron chi connectivity index (χ1n) is 14.0. The van der Waals surface area contributed by atoms with Gasteiger partial charge in [0.15, 0.2) is 6.29 Å². The van der Waals surface area contributed by atoms with Gasteiger partial charge < -0.3 is 34.5 Å². The second-order valence-electron chi connectivity index (χ2n) is 10.3. The number of hydrogen-bond donors (Lipinski definition) is 4. The van der Waals surface area contributed by atoms with Gasteiger partial charge in [-0.15, -0.1) is 0 Å². The Morgan fingerprint density at radius 3 is 2.42 bits per heavy atom. The summed E-state index contributed by atoms with van der Waals surface area (Å²) in [6.07, 6.45) is 8.56. The van der Waals surface area contributed by atoms with Gasteiger partial charge in [-0.2, -0.15) is 0 Å². The van der Waals surface area contributed by atoms with E-state index in [4.69, 9.17) is 19.3 Å². The summed E-state index contributed by atoms with van der Waals surface area (Å²) in [5.74, 6) is -1.39. The van der Waals surface area contributed by atoms with E-state index in [0.29, 0.717) is 18.6 Å². The number of benzene rings is 1. The first-order valence-corrected chi connectivity index (χ1v) is 14.0. The highest BCUT2D eigenvalue weighted by Crippen LogP contribution is 2.26. The van der Waals surface area contributed by atoms with Crippen LogP contribution in [0.25, 0.3) is 10.9 Å². The van der Waals surface area contributed by atoms with Gasteiger partial charge in [-0.25, -0.2) is 4.79 Å². The van der Waals surface area contributed by atoms with Gasteiger partial charge in [-0.3, -0.25) is 4.79 Å². The van der Waals surface area contributed by atoms with E-state index in [1.807, 2.05) is 31.2 Å². The zero-order valence-corrected chi connectivity index (χ0v) is 22.3. The molecule has 0 amide bonds. The zero-order chi connectivity index (χ0) is 27.3. The second-order valence-corrected chi connectivity index (χ2v) is 10.3. The Bertz CT molecular complexity index is 992. The first-order chi connectivity index (χ1) is 18.3. The molecule has 2 aromatic rings. The van der Waals surface area contributed by atoms with Gasteiger partial charge in [0.1, 0.15) is 12.2 Å². The summed E-state index contributed by atoms with van der Waals surface area (Å²) in [7, 11) is 0. The predicted molar refractivity (Wildman–Crippen MR) is 143 cm³/mol. The number of carbonyl (C=O) groups excluding carboxylic acids is 1. The van der Waals surface area contributed by atoms with Crippen molar-refractivity contribution >= 4 is 22.8 Å². The van der Waals surface area contributed by atoms with Crippen LogP contribution < -0.4 is 0 Å². The molecule has 1 aliphatic rings. The van der Waals surface area contributed by atoms with Crippen LogP contribution in [-0.2, 0) is 19.0 Å². The summed E-state index contributed by atoms with van der Waals surface area (Å²) in [6, 6.07) is 7.53. The lowest BCUT2D eigenvalue weighted by Crippen LogP contribution is -2.48. The van der Waals surface area contributed by atoms with E-state index in [-0.39, 0.29) is 12.8 Å². The summed E-state index contributed by atoms with van der Waals surface area (Å²) in [6.45, 7) is 2.33. The summed E-state index contributed by atoms with van der Waals surface area (Å²) in [4.78, 5) is 26.3. The van der Waals surface area contributed by atoms with Crippen LogP contribution in [0.2, 0.25) is 0 Å². The third kappa shape index (κ3) is 9.69. The van der Waals surface area contributed by atoms with E-state index in [9.17, 15) is 19.8 Å². The highest BCUT2D eigenvalue weighted by molar-refractivity contribution is 6.04. The van der Waals surface area contributed by atoms with E-state index < -0.39 is 42.6 Å². The Labute approximate surface area is 224 Å². The normalized spacial score (nSPS) is 22.4. The second kappa shape index (κ2) is 15.8. The Hall–Kier alpha value is -2.46. The highest BCUT2D eigenvalue weighted by atomic mass is 16.7. The van der Waals surface area contributed by atoms with Gasteiger partial charge in [0, 0.05) is 30.1 Å². The minimum Gasteiger partial charge on any atom is -0.481 e. The zero-order valence-electron chi connectivity index (χ0n) is 22.3. The molecule has 9 heteroatoms. The fourth-order valence-corrected chi connectivity index (χ4v) is 4.89. The minimum absolute atomic E-state index is 0.170. The molecule has 1 aromatic heterocycles. The van der Waals surface area contributed by atoms with Crippen molar-refractivity contribution in [2.24, 2.45) is 0 Å². The van der Waals surface area contributed by atoms with Gasteiger partial charge >= 0.3 is 11.9 Å². The maximum atomic E-state index is 12.7. The molecule has 1 saturated heterocycles. The van der Waals surface area contributed by atoms with Crippen molar-refractivity contribution < 1.29 is 39.1 Å². The van der Waals surface area contributed by atoms with E-state index in [1.54, 1.807) is 6.20 Å². The van der Waals surface area contributed by atoms with Gasteiger partial charge in [0.05, 0.1) is 24.2 Å². The molecule has 0 bridgehead atoms. The smallest absolute Gasteiger partial charge is 0.340 e. The van der Waals surface area contributed by atoms with Crippen LogP contribution in [0.5, 0.6) is 0 Å². The summed E-state index contributed by atoms with van der Waals surface area (Å²) in [5, 5.41) is 29.5. The van der Waals surface area contributed by atoms with Gasteiger partial charge in [0.25, 0.3) is 0 Å². The average Bonchev–Trinajstić information content (AvgIpc) is 3.31. The lowest BCUT2D eigenvalue weighted by atomic mass is 10.0. The van der Waals surface area contributed by atoms with E-state index in [1.165, 1.54) is 6.42 Å². The summed E-state index contributed by atoms with van der Waals surface area (Å²) >= 11 is 0. The van der Waals surface area contributed by atoms with Crippen LogP contribution >= 0.6 is 0 Å². The number of carboxylic acid groups (broad SMARTS) is 1. The molecule has 1 fully saturated rings. The third-order valence-corrected chi connectivity index (χ3v) is 7.10. The van der Waals surface area contributed by atoms with E-state index >= 15 is 0 Å². The Kier molecular flexibility index (Phi) is 12.5. The SMILES string of the molecule is C[C@@H]1O[C@@H](OCCCCCCCCCCC[C@@H](O)CC(=O)O)[C@H](O)C[C@H]1OC(=O)c1c[nH]c2ccccc12. The van der Waals surface area contributed by atoms with E-state index in [2.05, 4.69) is 4.98 Å². The molecule has 1 aromatic carbocycles. The van der Waals surface area contributed by atoms with Crippen LogP contribution in [0.1, 0.15) is 94.3 Å². The molecule has 0 saturated carbocycles. The topological polar surface area (TPSA) is 138 Å². The van der Waals surface area contributed by atoms with Crippen LogP contribution in [0.4, 0.5) is 0 Å². The maximum Gasteiger partial charge on any atom is 0.340 e. The number of para-hydroxylation sites is 1. The lowest BCUT2D eigenvalue weighted by molar-refractivity contribution is -0.260. The van der Waals surface area contributed by atoms with Crippen LogP contribution in [0.3, 0.4) is 0 Å². The molecular weight excluding hydrogens is 490 g/mol. The monoisotopic (exact) mass is 533 g/mol. The van der Waals surface area contributed by atoms with Crippen molar-refractivity contribution in [2.75, 3.05) is 6.61 Å². The van der Waals surface area contributed by atoms with Crippen LogP contribution in [-0.4, -0.2) is 69.6 Å². The Morgan fingerprint density at radius 1 is 1.05 bits per heavy atom. The molecule has 3 rings (SSSR count). The van der Waals surface area contributed by atoms with Gasteiger partial charge in [-0.05, 0) is 25.8 Å². The quantitative estimate of drug-likeness (QED) is 0.166. The first kappa shape index (κ1) is 30.1. The standard InChI is InChI=1S/C29H43NO8/c1-20-26(38-28(35)23-19-30-24-15-11-10-14-22(23)24)18-25(32)29(37-20)36-16-12-8-6-4-2-3-5-7-9-13-21(31)17-27(33)34/h10-11,14-15,19-21,25-26,29-32H,2-9,12-13,16-18H2,1H3,(H,33,34)/t20-,21+,25+,26+,29+/m0/s1. The molecular formula is C29H43NO8. The number of ether oxygens (including phenoxy) is 3. The molecule has 4 N–H and O–H groups in total. The van der Waals surface area contributed by atoms with Crippen molar-refractivity contribution in [3.63, 3.8) is 0 Å². The molecule has 0 radical (unpaired) electrons. The van der Waals surface area contributed by atoms with Crippen molar-refractivity contribution in [2.45, 2.75) is 115 Å². The number of H-pyrrole nitrogens is 1. The number of rotatable bonds is 17. The molecule has 5 atom stereocenters. The number of aromatic amines is 1. The van der Waals surface area contributed by atoms with Gasteiger partial charge in [-0.1, -0.05) is 69.6 Å². The molecule has 1 aliphatic heterocycles. The number of nitrogens with one attached hydrogen (secondary N) is 1. The fourth-order valence-electron chi connectivity index (χ4n) is 4.89. The Balaban J connectivity index is 1.22. The number of aliphatic hydroxyl groups excluding tert-OH is 2. The number of aliphatic hydroxyl groups is 2. The number of hydrogen-bond acceptors (Lipinski definition) is 7. The number of aliphatic carboxylic acids is 1. The number of carbonyl (C=O) groups is 2. The predicted octanol–water partition coefficient (Wildman–Crippen LogP) is 4.94. The molecule has 0 unspecified atom stereocenters. The number of esters is 1. The number of carboxylic acids is 1. The van der Waals surface area contributed by atoms with Crippen molar-refractivity contribution in [1.82, 2.24) is 4.98 Å². The molecule has 0 spiro atoms. The molecule has 38 heavy (non-hydrogen) atoms. The Morgan fingerprint density at radius 2 is 1.71 bits per heavy atom. The average molecular weight is 534 g/mol. The van der Waals surface area contributed by atoms with Crippen molar-refractivity contribution in [3.05, 3.63) is 36.0 Å². The maximum absolute atomic E-state index is 12.7. The molecule has 212 valence electrons. The van der Waals surface area contributed by atoms with Crippen LogP contribution in [0, 0.1) is 0 Å². The third-order valence-electron chi connectivity index (χ3n) is 7.10. The van der Waals surface area contributed by atoms with Crippen molar-refractivity contribution in [1.29, 1.82) is 0 Å². The summed E-state index contributed by atoms with van der Waals surface area (Å²) < 4.78 is 17.3. The number of fused-ring (bicyclic) bond motifs is 1. The van der Waals surface area contributed by atoms with Gasteiger partial charge in [0.2, 0.25) is 0 Å². The fraction of sp³-hybridized carbons (Fsp3) is 0.655. The molecule has 0 aliphatic carbocycles. The molecule has 2 heterocycles.